The lowest BCUT2D eigenvalue weighted by atomic mass is 10.0. The van der Waals surface area contributed by atoms with Crippen LogP contribution >= 0.6 is 0 Å². The number of unbranched alkanes of at least 4 members (excludes halogenated alkanes) is 1. The largest absolute Gasteiger partial charge is 0.325 e. The van der Waals surface area contributed by atoms with E-state index in [1.165, 1.54) is 9.87 Å². The minimum atomic E-state index is -3.94. The van der Waals surface area contributed by atoms with Gasteiger partial charge in [-0.25, -0.2) is 8.42 Å². The number of benzene rings is 3. The Morgan fingerprint density at radius 3 is 2.09 bits per heavy atom. The number of rotatable bonds is 10. The highest BCUT2D eigenvalue weighted by molar-refractivity contribution is 7.92. The SMILES string of the molecule is CCCCc1ccc(NC(=O)CN(c2ccc(C(C)C)cc2)S(=O)(=O)c2ccc(C)cc2)cc1. The predicted octanol–water partition coefficient (Wildman–Crippen LogP) is 6.30. The molecule has 3 rings (SSSR count). The van der Waals surface area contributed by atoms with Crippen LogP contribution in [0.15, 0.2) is 77.7 Å². The summed E-state index contributed by atoms with van der Waals surface area (Å²) in [6.45, 7) is 7.89. The number of sulfonamides is 1. The van der Waals surface area contributed by atoms with E-state index in [-0.39, 0.29) is 11.4 Å². The molecule has 0 aromatic heterocycles. The number of anilines is 2. The van der Waals surface area contributed by atoms with E-state index in [1.807, 2.05) is 43.3 Å². The minimum Gasteiger partial charge on any atom is -0.325 e. The smallest absolute Gasteiger partial charge is 0.264 e. The molecule has 1 amide bonds. The molecule has 0 aliphatic carbocycles. The van der Waals surface area contributed by atoms with Gasteiger partial charge in [0.25, 0.3) is 10.0 Å². The molecule has 0 saturated heterocycles. The molecule has 34 heavy (non-hydrogen) atoms. The van der Waals surface area contributed by atoms with Gasteiger partial charge >= 0.3 is 0 Å². The lowest BCUT2D eigenvalue weighted by Crippen LogP contribution is -2.38. The highest BCUT2D eigenvalue weighted by atomic mass is 32.2. The van der Waals surface area contributed by atoms with Crippen LogP contribution in [0, 0.1) is 6.92 Å². The first-order valence-corrected chi connectivity index (χ1v) is 13.2. The Morgan fingerprint density at radius 2 is 1.53 bits per heavy atom. The van der Waals surface area contributed by atoms with Crippen LogP contribution in [0.3, 0.4) is 0 Å². The first-order chi connectivity index (χ1) is 16.2. The van der Waals surface area contributed by atoms with E-state index in [0.29, 0.717) is 17.3 Å². The summed E-state index contributed by atoms with van der Waals surface area (Å²) < 4.78 is 28.3. The summed E-state index contributed by atoms with van der Waals surface area (Å²) in [5.41, 5.74) is 4.38. The second-order valence-corrected chi connectivity index (χ2v) is 10.8. The molecule has 0 saturated carbocycles. The molecular weight excluding hydrogens is 444 g/mol. The van der Waals surface area contributed by atoms with E-state index in [9.17, 15) is 13.2 Å². The van der Waals surface area contributed by atoms with Gasteiger partial charge in [0.05, 0.1) is 10.6 Å². The van der Waals surface area contributed by atoms with Gasteiger partial charge in [-0.1, -0.05) is 69.2 Å². The average molecular weight is 479 g/mol. The van der Waals surface area contributed by atoms with Crippen molar-refractivity contribution >= 4 is 27.3 Å². The minimum absolute atomic E-state index is 0.152. The van der Waals surface area contributed by atoms with Crippen molar-refractivity contribution < 1.29 is 13.2 Å². The van der Waals surface area contributed by atoms with Crippen LogP contribution in [0.5, 0.6) is 0 Å². The zero-order valence-corrected chi connectivity index (χ0v) is 21.2. The molecule has 0 aliphatic heterocycles. The third-order valence-electron chi connectivity index (χ3n) is 5.80. The van der Waals surface area contributed by atoms with E-state index in [2.05, 4.69) is 26.1 Å². The molecular formula is C28H34N2O3S. The monoisotopic (exact) mass is 478 g/mol. The Balaban J connectivity index is 1.86. The number of hydrogen-bond donors (Lipinski definition) is 1. The molecule has 0 bridgehead atoms. The van der Waals surface area contributed by atoms with Crippen LogP contribution < -0.4 is 9.62 Å². The van der Waals surface area contributed by atoms with E-state index >= 15 is 0 Å². The third kappa shape index (κ3) is 6.48. The van der Waals surface area contributed by atoms with Crippen molar-refractivity contribution in [1.82, 2.24) is 0 Å². The van der Waals surface area contributed by atoms with Crippen LogP contribution in [0.1, 0.15) is 56.2 Å². The van der Waals surface area contributed by atoms with Crippen LogP contribution in [0.4, 0.5) is 11.4 Å². The number of aryl methyl sites for hydroxylation is 2. The summed E-state index contributed by atoms with van der Waals surface area (Å²) in [7, 11) is -3.94. The van der Waals surface area contributed by atoms with Crippen molar-refractivity contribution in [3.63, 3.8) is 0 Å². The zero-order valence-electron chi connectivity index (χ0n) is 20.4. The second-order valence-electron chi connectivity index (χ2n) is 8.92. The van der Waals surface area contributed by atoms with Gasteiger partial charge in [0, 0.05) is 5.69 Å². The number of carbonyl (C=O) groups excluding carboxylic acids is 1. The number of nitrogens with zero attached hydrogens (tertiary/aromatic N) is 1. The molecule has 1 N–H and O–H groups in total. The normalized spacial score (nSPS) is 11.4. The maximum atomic E-state index is 13.5. The van der Waals surface area contributed by atoms with Crippen molar-refractivity contribution in [3.8, 4) is 0 Å². The van der Waals surface area contributed by atoms with Crippen LogP contribution in [-0.4, -0.2) is 20.9 Å². The third-order valence-corrected chi connectivity index (χ3v) is 7.59. The zero-order chi connectivity index (χ0) is 24.7. The maximum absolute atomic E-state index is 13.5. The van der Waals surface area contributed by atoms with Crippen molar-refractivity contribution in [2.24, 2.45) is 0 Å². The number of amides is 1. The number of nitrogens with one attached hydrogen (secondary N) is 1. The highest BCUT2D eigenvalue weighted by Gasteiger charge is 2.27. The molecule has 0 spiro atoms. The summed E-state index contributed by atoms with van der Waals surface area (Å²) in [6, 6.07) is 21.7. The first kappa shape index (κ1) is 25.5. The Labute approximate surface area is 203 Å². The van der Waals surface area contributed by atoms with Gasteiger partial charge < -0.3 is 5.32 Å². The second kappa shape index (κ2) is 11.3. The van der Waals surface area contributed by atoms with Gasteiger partial charge in [0.1, 0.15) is 6.54 Å². The molecule has 5 nitrogen and oxygen atoms in total. The Kier molecular flexibility index (Phi) is 8.51. The lowest BCUT2D eigenvalue weighted by molar-refractivity contribution is -0.114. The fraction of sp³-hybridized carbons (Fsp3) is 0.321. The van der Waals surface area contributed by atoms with Crippen LogP contribution in [0.2, 0.25) is 0 Å². The van der Waals surface area contributed by atoms with Crippen molar-refractivity contribution in [2.75, 3.05) is 16.2 Å². The van der Waals surface area contributed by atoms with Gasteiger partial charge in [-0.3, -0.25) is 9.10 Å². The molecule has 3 aromatic carbocycles. The van der Waals surface area contributed by atoms with E-state index in [1.54, 1.807) is 36.4 Å². The van der Waals surface area contributed by atoms with Gasteiger partial charge in [0.2, 0.25) is 5.91 Å². The quantitative estimate of drug-likeness (QED) is 0.372. The Morgan fingerprint density at radius 1 is 0.912 bits per heavy atom. The van der Waals surface area contributed by atoms with Gasteiger partial charge in [-0.15, -0.1) is 0 Å². The molecule has 180 valence electrons. The van der Waals surface area contributed by atoms with Crippen LogP contribution in [-0.2, 0) is 21.2 Å². The summed E-state index contributed by atoms with van der Waals surface area (Å²) >= 11 is 0. The standard InChI is InChI=1S/C28H34N2O3S/c1-5-6-7-23-10-14-25(15-11-23)29-28(31)20-30(26-16-12-24(13-17-26)21(2)3)34(32,33)27-18-8-22(4)9-19-27/h8-19,21H,5-7,20H2,1-4H3,(H,29,31). The Bertz CT molecular complexity index is 1180. The molecule has 0 aliphatic rings. The fourth-order valence-corrected chi connectivity index (χ4v) is 5.07. The first-order valence-electron chi connectivity index (χ1n) is 11.8. The highest BCUT2D eigenvalue weighted by Crippen LogP contribution is 2.26. The number of carbonyl (C=O) groups is 1. The van der Waals surface area contributed by atoms with Gasteiger partial charge in [0.15, 0.2) is 0 Å². The summed E-state index contributed by atoms with van der Waals surface area (Å²) in [6.07, 6.45) is 3.24. The topological polar surface area (TPSA) is 66.5 Å². The average Bonchev–Trinajstić information content (AvgIpc) is 2.82. The predicted molar refractivity (Wildman–Crippen MR) is 140 cm³/mol. The van der Waals surface area contributed by atoms with E-state index in [4.69, 9.17) is 0 Å². The molecule has 0 atom stereocenters. The van der Waals surface area contributed by atoms with Crippen molar-refractivity contribution in [2.45, 2.75) is 57.8 Å². The summed E-state index contributed by atoms with van der Waals surface area (Å²) in [4.78, 5) is 13.1. The Hall–Kier alpha value is -3.12. The maximum Gasteiger partial charge on any atom is 0.264 e. The molecule has 0 unspecified atom stereocenters. The van der Waals surface area contributed by atoms with E-state index in [0.717, 1.165) is 30.4 Å². The summed E-state index contributed by atoms with van der Waals surface area (Å²) in [5.74, 6) is -0.0790. The molecule has 3 aromatic rings. The fourth-order valence-electron chi connectivity index (χ4n) is 3.64. The molecule has 6 heteroatoms. The van der Waals surface area contributed by atoms with Gasteiger partial charge in [-0.05, 0) is 73.2 Å². The molecule has 0 radical (unpaired) electrons. The lowest BCUT2D eigenvalue weighted by Gasteiger charge is -2.24. The number of hydrogen-bond acceptors (Lipinski definition) is 3. The molecule has 0 fully saturated rings. The summed E-state index contributed by atoms with van der Waals surface area (Å²) in [5, 5.41) is 2.84. The van der Waals surface area contributed by atoms with Gasteiger partial charge in [-0.2, -0.15) is 0 Å². The van der Waals surface area contributed by atoms with Crippen molar-refractivity contribution in [3.05, 3.63) is 89.5 Å². The van der Waals surface area contributed by atoms with Crippen molar-refractivity contribution in [1.29, 1.82) is 0 Å². The van der Waals surface area contributed by atoms with Crippen LogP contribution in [0.25, 0.3) is 0 Å². The molecule has 0 heterocycles. The van der Waals surface area contributed by atoms with E-state index < -0.39 is 15.9 Å².